The lowest BCUT2D eigenvalue weighted by Gasteiger charge is -2.14. The number of rotatable bonds is 4. The quantitative estimate of drug-likeness (QED) is 0.484. The van der Waals surface area contributed by atoms with Gasteiger partial charge in [0.2, 0.25) is 0 Å². The highest BCUT2D eigenvalue weighted by Crippen LogP contribution is 2.37. The number of hydrogen-bond acceptors (Lipinski definition) is 3. The van der Waals surface area contributed by atoms with Gasteiger partial charge in [-0.05, 0) is 36.7 Å². The van der Waals surface area contributed by atoms with Crippen molar-refractivity contribution in [1.29, 1.82) is 0 Å². The number of ether oxygens (including phenoxy) is 1. The van der Waals surface area contributed by atoms with Gasteiger partial charge in [0.15, 0.2) is 0 Å². The smallest absolute Gasteiger partial charge is 0.127 e. The van der Waals surface area contributed by atoms with Crippen LogP contribution in [0.3, 0.4) is 0 Å². The SMILES string of the molecule is Clc1ccc2c3c(n(CCOc4cccc5cnccc45)c2c1Cl)CCNCC3. The highest BCUT2D eigenvalue weighted by molar-refractivity contribution is 6.45. The van der Waals surface area contributed by atoms with Crippen molar-refractivity contribution in [3.8, 4) is 5.75 Å². The van der Waals surface area contributed by atoms with E-state index in [4.69, 9.17) is 27.9 Å². The first kappa shape index (κ1) is 18.7. The van der Waals surface area contributed by atoms with Crippen molar-refractivity contribution in [2.45, 2.75) is 19.4 Å². The topological polar surface area (TPSA) is 39.1 Å². The summed E-state index contributed by atoms with van der Waals surface area (Å²) >= 11 is 13.0. The molecule has 3 heterocycles. The van der Waals surface area contributed by atoms with Crippen molar-refractivity contribution in [3.05, 3.63) is 70.1 Å². The molecular weight excluding hydrogens is 405 g/mol. The molecule has 4 nitrogen and oxygen atoms in total. The average molecular weight is 426 g/mol. The number of pyridine rings is 1. The zero-order valence-electron chi connectivity index (χ0n) is 15.9. The first-order chi connectivity index (χ1) is 14.2. The second kappa shape index (κ2) is 7.86. The maximum Gasteiger partial charge on any atom is 0.127 e. The van der Waals surface area contributed by atoms with Gasteiger partial charge in [-0.3, -0.25) is 4.98 Å². The minimum absolute atomic E-state index is 0.550. The largest absolute Gasteiger partial charge is 0.491 e. The Morgan fingerprint density at radius 3 is 2.86 bits per heavy atom. The van der Waals surface area contributed by atoms with E-state index >= 15 is 0 Å². The van der Waals surface area contributed by atoms with Crippen molar-refractivity contribution in [2.75, 3.05) is 19.7 Å². The lowest BCUT2D eigenvalue weighted by atomic mass is 10.1. The molecule has 5 rings (SSSR count). The molecule has 0 fully saturated rings. The Bertz CT molecular complexity index is 1200. The third-order valence-electron chi connectivity index (χ3n) is 5.64. The van der Waals surface area contributed by atoms with Crippen LogP contribution in [0.15, 0.2) is 48.8 Å². The summed E-state index contributed by atoms with van der Waals surface area (Å²) in [5.41, 5.74) is 3.73. The molecule has 0 saturated carbocycles. The van der Waals surface area contributed by atoms with E-state index in [2.05, 4.69) is 20.9 Å². The first-order valence-electron chi connectivity index (χ1n) is 9.88. The fourth-order valence-corrected chi connectivity index (χ4v) is 4.74. The maximum absolute atomic E-state index is 6.65. The van der Waals surface area contributed by atoms with Crippen LogP contribution in [-0.4, -0.2) is 29.2 Å². The van der Waals surface area contributed by atoms with Crippen LogP contribution in [0.4, 0.5) is 0 Å². The number of aromatic nitrogens is 2. The summed E-state index contributed by atoms with van der Waals surface area (Å²) < 4.78 is 8.50. The Kier molecular flexibility index (Phi) is 5.08. The summed E-state index contributed by atoms with van der Waals surface area (Å²) in [5.74, 6) is 0.873. The third-order valence-corrected chi connectivity index (χ3v) is 6.44. The second-order valence-electron chi connectivity index (χ2n) is 7.29. The van der Waals surface area contributed by atoms with Gasteiger partial charge < -0.3 is 14.6 Å². The molecule has 0 aliphatic carbocycles. The summed E-state index contributed by atoms with van der Waals surface area (Å²) in [4.78, 5) is 4.19. The molecule has 0 saturated heterocycles. The predicted octanol–water partition coefficient (Wildman–Crippen LogP) is 5.26. The lowest BCUT2D eigenvalue weighted by Crippen LogP contribution is -2.18. The second-order valence-corrected chi connectivity index (χ2v) is 8.07. The number of halogens is 2. The van der Waals surface area contributed by atoms with Gasteiger partial charge in [0.25, 0.3) is 0 Å². The van der Waals surface area contributed by atoms with E-state index in [1.807, 2.05) is 36.5 Å². The average Bonchev–Trinajstić information content (AvgIpc) is 2.89. The van der Waals surface area contributed by atoms with Gasteiger partial charge in [-0.25, -0.2) is 0 Å². The van der Waals surface area contributed by atoms with Crippen LogP contribution >= 0.6 is 23.2 Å². The number of nitrogens with one attached hydrogen (secondary N) is 1. The first-order valence-corrected chi connectivity index (χ1v) is 10.6. The molecule has 1 aliphatic rings. The molecule has 2 aromatic carbocycles. The predicted molar refractivity (Wildman–Crippen MR) is 119 cm³/mol. The highest BCUT2D eigenvalue weighted by Gasteiger charge is 2.21. The molecule has 148 valence electrons. The van der Waals surface area contributed by atoms with Crippen molar-refractivity contribution < 1.29 is 4.74 Å². The minimum Gasteiger partial charge on any atom is -0.491 e. The zero-order chi connectivity index (χ0) is 19.8. The maximum atomic E-state index is 6.65. The Balaban J connectivity index is 1.50. The molecule has 6 heteroatoms. The fourth-order valence-electron chi connectivity index (χ4n) is 4.32. The zero-order valence-corrected chi connectivity index (χ0v) is 17.4. The lowest BCUT2D eigenvalue weighted by molar-refractivity contribution is 0.302. The summed E-state index contributed by atoms with van der Waals surface area (Å²) in [6.07, 6.45) is 5.62. The molecule has 1 N–H and O–H groups in total. The Labute approximate surface area is 179 Å². The number of fused-ring (bicyclic) bond motifs is 4. The van der Waals surface area contributed by atoms with Gasteiger partial charge >= 0.3 is 0 Å². The molecule has 0 radical (unpaired) electrons. The molecule has 0 atom stereocenters. The van der Waals surface area contributed by atoms with Crippen molar-refractivity contribution in [2.24, 2.45) is 0 Å². The highest BCUT2D eigenvalue weighted by atomic mass is 35.5. The number of nitrogens with zero attached hydrogens (tertiary/aromatic N) is 2. The number of hydrogen-bond donors (Lipinski definition) is 1. The van der Waals surface area contributed by atoms with E-state index in [-0.39, 0.29) is 0 Å². The van der Waals surface area contributed by atoms with E-state index in [0.29, 0.717) is 23.2 Å². The summed E-state index contributed by atoms with van der Waals surface area (Å²) in [7, 11) is 0. The van der Waals surface area contributed by atoms with E-state index in [0.717, 1.165) is 48.0 Å². The van der Waals surface area contributed by atoms with Crippen LogP contribution in [0.1, 0.15) is 11.3 Å². The molecule has 0 unspecified atom stereocenters. The van der Waals surface area contributed by atoms with E-state index in [9.17, 15) is 0 Å². The summed E-state index contributed by atoms with van der Waals surface area (Å²) in [5, 5.41) is 8.06. The van der Waals surface area contributed by atoms with Crippen LogP contribution in [0.25, 0.3) is 21.7 Å². The van der Waals surface area contributed by atoms with Gasteiger partial charge in [0, 0.05) is 47.2 Å². The minimum atomic E-state index is 0.550. The van der Waals surface area contributed by atoms with Gasteiger partial charge in [0.05, 0.1) is 22.1 Å². The van der Waals surface area contributed by atoms with Crippen molar-refractivity contribution in [3.63, 3.8) is 0 Å². The normalized spacial score (nSPS) is 14.1. The van der Waals surface area contributed by atoms with Gasteiger partial charge in [-0.1, -0.05) is 41.4 Å². The molecular formula is C23H21Cl2N3O. The molecule has 0 amide bonds. The van der Waals surface area contributed by atoms with Crippen LogP contribution in [-0.2, 0) is 19.4 Å². The Morgan fingerprint density at radius 2 is 1.93 bits per heavy atom. The molecule has 1 aliphatic heterocycles. The van der Waals surface area contributed by atoms with Crippen LogP contribution in [0.5, 0.6) is 5.75 Å². The summed E-state index contributed by atoms with van der Waals surface area (Å²) in [6.45, 7) is 3.21. The summed E-state index contributed by atoms with van der Waals surface area (Å²) in [6, 6.07) is 12.0. The van der Waals surface area contributed by atoms with E-state index < -0.39 is 0 Å². The standard InChI is InChI=1S/C23H21Cl2N3O/c24-19-5-4-18-17-7-9-26-11-8-20(17)28(23(18)22(19)25)12-13-29-21-3-1-2-15-14-27-10-6-16(15)21/h1-6,10,14,26H,7-9,11-13H2. The van der Waals surface area contributed by atoms with E-state index in [1.54, 1.807) is 6.20 Å². The Morgan fingerprint density at radius 1 is 1.03 bits per heavy atom. The molecule has 4 aromatic rings. The molecule has 0 bridgehead atoms. The van der Waals surface area contributed by atoms with Crippen LogP contribution < -0.4 is 10.1 Å². The molecule has 2 aromatic heterocycles. The van der Waals surface area contributed by atoms with Gasteiger partial charge in [0.1, 0.15) is 12.4 Å². The molecule has 0 spiro atoms. The third kappa shape index (κ3) is 3.35. The van der Waals surface area contributed by atoms with Crippen LogP contribution in [0.2, 0.25) is 10.0 Å². The van der Waals surface area contributed by atoms with E-state index in [1.165, 1.54) is 16.6 Å². The Hall–Kier alpha value is -2.27. The van der Waals surface area contributed by atoms with Crippen molar-refractivity contribution in [1.82, 2.24) is 14.9 Å². The van der Waals surface area contributed by atoms with Gasteiger partial charge in [-0.15, -0.1) is 0 Å². The monoisotopic (exact) mass is 425 g/mol. The van der Waals surface area contributed by atoms with Gasteiger partial charge in [-0.2, -0.15) is 0 Å². The van der Waals surface area contributed by atoms with Crippen LogP contribution in [0, 0.1) is 0 Å². The fraction of sp³-hybridized carbons (Fsp3) is 0.261. The number of benzene rings is 2. The molecule has 29 heavy (non-hydrogen) atoms. The van der Waals surface area contributed by atoms with Crippen molar-refractivity contribution >= 4 is 44.9 Å².